The molecule has 1 aromatic rings. The average molecular weight is 271 g/mol. The summed E-state index contributed by atoms with van der Waals surface area (Å²) in [6, 6.07) is 3.57. The van der Waals surface area contributed by atoms with Crippen LogP contribution in [-0.2, 0) is 4.79 Å². The van der Waals surface area contributed by atoms with Crippen molar-refractivity contribution < 1.29 is 4.79 Å². The number of carbonyl (C=O) groups is 1. The number of nitrogens with zero attached hydrogens (tertiary/aromatic N) is 1. The molecule has 20 heavy (non-hydrogen) atoms. The van der Waals surface area contributed by atoms with Gasteiger partial charge >= 0.3 is 0 Å². The van der Waals surface area contributed by atoms with Gasteiger partial charge in [-0.15, -0.1) is 0 Å². The second kappa shape index (κ2) is 4.21. The molecule has 0 radical (unpaired) electrons. The lowest BCUT2D eigenvalue weighted by Gasteiger charge is -2.55. The molecule has 4 bridgehead atoms. The van der Waals surface area contributed by atoms with Gasteiger partial charge in [-0.25, -0.2) is 4.98 Å². The van der Waals surface area contributed by atoms with Crippen molar-refractivity contribution in [1.82, 2.24) is 4.98 Å². The van der Waals surface area contributed by atoms with E-state index >= 15 is 0 Å². The first-order valence-electron chi connectivity index (χ1n) is 7.66. The van der Waals surface area contributed by atoms with Crippen LogP contribution in [0.25, 0.3) is 0 Å². The molecule has 0 aliphatic heterocycles. The fraction of sp³-hybridized carbons (Fsp3) is 0.625. The van der Waals surface area contributed by atoms with Crippen LogP contribution < -0.4 is 11.1 Å². The molecule has 1 amide bonds. The van der Waals surface area contributed by atoms with Gasteiger partial charge in [-0.1, -0.05) is 0 Å². The number of nitrogens with one attached hydrogen (secondary N) is 1. The van der Waals surface area contributed by atoms with E-state index in [1.54, 1.807) is 18.3 Å². The van der Waals surface area contributed by atoms with Crippen molar-refractivity contribution in [3.63, 3.8) is 0 Å². The van der Waals surface area contributed by atoms with Gasteiger partial charge in [0.05, 0.1) is 11.1 Å². The molecular formula is C16H21N3O. The summed E-state index contributed by atoms with van der Waals surface area (Å²) in [5.74, 6) is 2.99. The topological polar surface area (TPSA) is 68.0 Å². The Morgan fingerprint density at radius 1 is 1.20 bits per heavy atom. The number of aromatic nitrogens is 1. The Labute approximate surface area is 119 Å². The third-order valence-electron chi connectivity index (χ3n) is 5.59. The lowest BCUT2D eigenvalue weighted by atomic mass is 9.49. The van der Waals surface area contributed by atoms with Crippen LogP contribution in [0, 0.1) is 23.2 Å². The fourth-order valence-corrected chi connectivity index (χ4v) is 5.15. The molecule has 4 aliphatic rings. The molecule has 4 nitrogen and oxygen atoms in total. The van der Waals surface area contributed by atoms with Crippen LogP contribution in [0.5, 0.6) is 0 Å². The molecule has 0 aromatic carbocycles. The summed E-state index contributed by atoms with van der Waals surface area (Å²) in [4.78, 5) is 17.0. The van der Waals surface area contributed by atoms with E-state index in [-0.39, 0.29) is 11.3 Å². The van der Waals surface area contributed by atoms with Crippen LogP contribution >= 0.6 is 0 Å². The van der Waals surface area contributed by atoms with Crippen molar-refractivity contribution in [1.29, 1.82) is 0 Å². The Balaban J connectivity index is 1.58. The highest BCUT2D eigenvalue weighted by atomic mass is 16.2. The summed E-state index contributed by atoms with van der Waals surface area (Å²) in [5, 5.41) is 2.99. The number of hydrogen-bond donors (Lipinski definition) is 2. The number of amides is 1. The molecule has 3 N–H and O–H groups in total. The standard InChI is InChI=1S/C16H21N3O/c17-13-2-1-3-18-14(13)19-15(20)16-7-10-4-11(8-16)6-12(5-10)9-16/h1-3,10-12H,4-9,17H2,(H,18,19,20). The minimum absolute atomic E-state index is 0.140. The predicted molar refractivity (Wildman–Crippen MR) is 77.9 cm³/mol. The van der Waals surface area contributed by atoms with Crippen molar-refractivity contribution in [3.8, 4) is 0 Å². The highest BCUT2D eigenvalue weighted by molar-refractivity contribution is 5.96. The zero-order valence-corrected chi connectivity index (χ0v) is 11.6. The minimum atomic E-state index is -0.140. The summed E-state index contributed by atoms with van der Waals surface area (Å²) in [5.41, 5.74) is 6.29. The average Bonchev–Trinajstić information content (AvgIpc) is 2.40. The number of anilines is 2. The van der Waals surface area contributed by atoms with Gasteiger partial charge in [0, 0.05) is 6.20 Å². The van der Waals surface area contributed by atoms with Crippen molar-refractivity contribution in [2.75, 3.05) is 11.1 Å². The van der Waals surface area contributed by atoms with Gasteiger partial charge in [0.15, 0.2) is 5.82 Å². The van der Waals surface area contributed by atoms with Gasteiger partial charge in [0.1, 0.15) is 0 Å². The molecule has 0 spiro atoms. The van der Waals surface area contributed by atoms with Crippen LogP contribution in [0.3, 0.4) is 0 Å². The summed E-state index contributed by atoms with van der Waals surface area (Å²) < 4.78 is 0. The van der Waals surface area contributed by atoms with E-state index in [1.807, 2.05) is 0 Å². The fourth-order valence-electron chi connectivity index (χ4n) is 5.15. The number of nitrogens with two attached hydrogens (primary N) is 1. The van der Waals surface area contributed by atoms with Gasteiger partial charge in [-0.05, 0) is 68.4 Å². The Morgan fingerprint density at radius 3 is 2.35 bits per heavy atom. The van der Waals surface area contributed by atoms with Crippen LogP contribution in [0.2, 0.25) is 0 Å². The number of pyridine rings is 1. The van der Waals surface area contributed by atoms with E-state index in [4.69, 9.17) is 5.73 Å². The van der Waals surface area contributed by atoms with E-state index in [0.717, 1.165) is 37.0 Å². The third-order valence-corrected chi connectivity index (χ3v) is 5.59. The number of rotatable bonds is 2. The lowest BCUT2D eigenvalue weighted by Crippen LogP contribution is -2.51. The molecule has 1 heterocycles. The van der Waals surface area contributed by atoms with Crippen molar-refractivity contribution in [2.24, 2.45) is 23.2 Å². The van der Waals surface area contributed by atoms with Crippen LogP contribution in [0.15, 0.2) is 18.3 Å². The molecule has 1 aromatic heterocycles. The number of carbonyl (C=O) groups excluding carboxylic acids is 1. The Kier molecular flexibility index (Phi) is 2.56. The quantitative estimate of drug-likeness (QED) is 0.869. The zero-order chi connectivity index (χ0) is 13.7. The van der Waals surface area contributed by atoms with E-state index in [0.29, 0.717) is 11.5 Å². The molecule has 4 aliphatic carbocycles. The first-order chi connectivity index (χ1) is 9.64. The largest absolute Gasteiger partial charge is 0.396 e. The van der Waals surface area contributed by atoms with Gasteiger partial charge in [-0.3, -0.25) is 4.79 Å². The SMILES string of the molecule is Nc1cccnc1NC(=O)C12CC3CC(CC(C3)C1)C2. The second-order valence-corrected chi connectivity index (χ2v) is 7.09. The monoisotopic (exact) mass is 271 g/mol. The summed E-state index contributed by atoms with van der Waals surface area (Å²) in [6.45, 7) is 0. The number of hydrogen-bond acceptors (Lipinski definition) is 3. The summed E-state index contributed by atoms with van der Waals surface area (Å²) in [7, 11) is 0. The van der Waals surface area contributed by atoms with E-state index in [2.05, 4.69) is 10.3 Å². The van der Waals surface area contributed by atoms with Crippen molar-refractivity contribution >= 4 is 17.4 Å². The van der Waals surface area contributed by atoms with E-state index in [1.165, 1.54) is 19.3 Å². The zero-order valence-electron chi connectivity index (χ0n) is 11.6. The highest BCUT2D eigenvalue weighted by Crippen LogP contribution is 2.60. The Bertz CT molecular complexity index is 519. The van der Waals surface area contributed by atoms with Gasteiger partial charge in [0.25, 0.3) is 0 Å². The Hall–Kier alpha value is -1.58. The first kappa shape index (κ1) is 12.2. The predicted octanol–water partition coefficient (Wildman–Crippen LogP) is 2.82. The van der Waals surface area contributed by atoms with Crippen LogP contribution in [0.1, 0.15) is 38.5 Å². The van der Waals surface area contributed by atoms with E-state index in [9.17, 15) is 4.79 Å². The molecule has 5 rings (SSSR count). The van der Waals surface area contributed by atoms with Crippen LogP contribution in [-0.4, -0.2) is 10.9 Å². The maximum atomic E-state index is 12.8. The first-order valence-corrected chi connectivity index (χ1v) is 7.66. The second-order valence-electron chi connectivity index (χ2n) is 7.09. The molecule has 0 unspecified atom stereocenters. The van der Waals surface area contributed by atoms with Crippen LogP contribution in [0.4, 0.5) is 11.5 Å². The molecule has 0 saturated heterocycles. The Morgan fingerprint density at radius 2 is 1.80 bits per heavy atom. The molecule has 4 heteroatoms. The molecule has 4 fully saturated rings. The van der Waals surface area contributed by atoms with E-state index < -0.39 is 0 Å². The smallest absolute Gasteiger partial charge is 0.231 e. The maximum absolute atomic E-state index is 12.8. The van der Waals surface area contributed by atoms with Gasteiger partial charge in [-0.2, -0.15) is 0 Å². The van der Waals surface area contributed by atoms with Gasteiger partial charge < -0.3 is 11.1 Å². The lowest BCUT2D eigenvalue weighted by molar-refractivity contribution is -0.140. The minimum Gasteiger partial charge on any atom is -0.396 e. The summed E-state index contributed by atoms with van der Waals surface area (Å²) in [6.07, 6.45) is 8.91. The number of nitrogen functional groups attached to an aromatic ring is 1. The molecule has 4 saturated carbocycles. The third kappa shape index (κ3) is 1.81. The van der Waals surface area contributed by atoms with Gasteiger partial charge in [0.2, 0.25) is 5.91 Å². The van der Waals surface area contributed by atoms with Crippen molar-refractivity contribution in [2.45, 2.75) is 38.5 Å². The van der Waals surface area contributed by atoms with Crippen molar-refractivity contribution in [3.05, 3.63) is 18.3 Å². The highest BCUT2D eigenvalue weighted by Gasteiger charge is 2.54. The summed E-state index contributed by atoms with van der Waals surface area (Å²) >= 11 is 0. The maximum Gasteiger partial charge on any atom is 0.231 e. The molecule has 106 valence electrons. The normalized spacial score (nSPS) is 37.9. The molecule has 0 atom stereocenters. The molecular weight excluding hydrogens is 250 g/mol.